The average Bonchev–Trinajstić information content (AvgIpc) is 3.64. The molecule has 7 rings (SSSR count). The summed E-state index contributed by atoms with van der Waals surface area (Å²) in [5.74, 6) is 1.56. The minimum atomic E-state index is -0.332. The van der Waals surface area contributed by atoms with Crippen molar-refractivity contribution < 1.29 is 9.13 Å². The summed E-state index contributed by atoms with van der Waals surface area (Å²) in [6.45, 7) is 8.84. The lowest BCUT2D eigenvalue weighted by molar-refractivity contribution is 0.483. The Morgan fingerprint density at radius 2 is 1.50 bits per heavy atom. The molecule has 44 heavy (non-hydrogen) atoms. The molecule has 0 spiro atoms. The maximum absolute atomic E-state index is 14.2. The number of benzene rings is 4. The molecule has 4 aromatic carbocycles. The zero-order valence-electron chi connectivity index (χ0n) is 25.3. The van der Waals surface area contributed by atoms with Crippen LogP contribution < -0.4 is 4.74 Å². The normalized spacial score (nSPS) is 11.5. The molecule has 0 unspecified atom stereocenters. The Bertz CT molecular complexity index is 2150. The van der Waals surface area contributed by atoms with Gasteiger partial charge in [0.05, 0.1) is 22.9 Å². The summed E-state index contributed by atoms with van der Waals surface area (Å²) in [5, 5.41) is 6.87. The van der Waals surface area contributed by atoms with Crippen LogP contribution in [0.3, 0.4) is 0 Å². The van der Waals surface area contributed by atoms with Crippen LogP contribution in [0, 0.1) is 19.7 Å². The second kappa shape index (κ2) is 11.1. The summed E-state index contributed by atoms with van der Waals surface area (Å²) in [7, 11) is 0. The summed E-state index contributed by atoms with van der Waals surface area (Å²) in [5.41, 5.74) is 10.6. The van der Waals surface area contributed by atoms with E-state index in [4.69, 9.17) is 9.84 Å². The van der Waals surface area contributed by atoms with Gasteiger partial charge >= 0.3 is 0 Å². The summed E-state index contributed by atoms with van der Waals surface area (Å²) in [6, 6.07) is 27.1. The van der Waals surface area contributed by atoms with Crippen molar-refractivity contribution in [2.24, 2.45) is 0 Å². The van der Waals surface area contributed by atoms with E-state index >= 15 is 0 Å². The number of hydrogen-bond acceptors (Lipinski definition) is 3. The van der Waals surface area contributed by atoms with Gasteiger partial charge < -0.3 is 4.74 Å². The third-order valence-electron chi connectivity index (χ3n) is 8.47. The number of ether oxygens (including phenoxy) is 1. The minimum Gasteiger partial charge on any atom is -0.457 e. The topological polar surface area (TPSA) is 44.9 Å². The van der Waals surface area contributed by atoms with Crippen LogP contribution >= 0.6 is 0 Å². The molecule has 0 amide bonds. The molecule has 0 N–H and O–H groups in total. The predicted octanol–water partition coefficient (Wildman–Crippen LogP) is 9.70. The summed E-state index contributed by atoms with van der Waals surface area (Å²) in [6.07, 6.45) is 7.52. The van der Waals surface area contributed by atoms with E-state index in [1.165, 1.54) is 46.1 Å². The third-order valence-corrected chi connectivity index (χ3v) is 8.47. The molecule has 0 aliphatic carbocycles. The van der Waals surface area contributed by atoms with Crippen LogP contribution in [0.25, 0.3) is 44.4 Å². The molecule has 0 atom stereocenters. The number of fused-ring (bicyclic) bond motifs is 3. The van der Waals surface area contributed by atoms with Gasteiger partial charge in [0, 0.05) is 46.9 Å². The fourth-order valence-corrected chi connectivity index (χ4v) is 6.53. The fraction of sp³-hybridized carbons (Fsp3) is 0.158. The molecule has 0 saturated heterocycles. The van der Waals surface area contributed by atoms with E-state index in [9.17, 15) is 4.39 Å². The maximum Gasteiger partial charge on any atom is 0.140 e. The maximum atomic E-state index is 14.2. The van der Waals surface area contributed by atoms with E-state index in [1.54, 1.807) is 0 Å². The highest BCUT2D eigenvalue weighted by molar-refractivity contribution is 6.09. The van der Waals surface area contributed by atoms with Gasteiger partial charge in [-0.3, -0.25) is 4.57 Å². The second-order valence-electron chi connectivity index (χ2n) is 11.2. The number of aryl methyl sites for hydroxylation is 2. The summed E-state index contributed by atoms with van der Waals surface area (Å²) >= 11 is 0. The van der Waals surface area contributed by atoms with E-state index in [-0.39, 0.29) is 5.82 Å². The van der Waals surface area contributed by atoms with Gasteiger partial charge in [0.15, 0.2) is 0 Å². The third kappa shape index (κ3) is 4.73. The number of halogens is 1. The Morgan fingerprint density at radius 3 is 2.27 bits per heavy atom. The standard InChI is InChI=1S/C38H33FN4O/c1-5-31-24(3)18-25(4)32(6-2)38(31)26-22-41-42(23-26)28-10-9-11-29(20-28)44-30-14-15-34-33-12-7-8-13-35(33)43(36(34)21-30)37-19-27(39)16-17-40-37/h7-23H,5-6H2,1-4H3. The molecule has 0 saturated carbocycles. The molecule has 5 nitrogen and oxygen atoms in total. The first-order chi connectivity index (χ1) is 21.4. The zero-order chi connectivity index (χ0) is 30.4. The van der Waals surface area contributed by atoms with Crippen molar-refractivity contribution in [3.63, 3.8) is 0 Å². The van der Waals surface area contributed by atoms with Gasteiger partial charge in [-0.25, -0.2) is 14.1 Å². The van der Waals surface area contributed by atoms with Crippen LogP contribution in [0.4, 0.5) is 4.39 Å². The predicted molar refractivity (Wildman–Crippen MR) is 176 cm³/mol. The van der Waals surface area contributed by atoms with Gasteiger partial charge in [-0.15, -0.1) is 0 Å². The highest BCUT2D eigenvalue weighted by Gasteiger charge is 2.17. The highest BCUT2D eigenvalue weighted by Crippen LogP contribution is 2.36. The van der Waals surface area contributed by atoms with Crippen molar-refractivity contribution in [1.29, 1.82) is 0 Å². The van der Waals surface area contributed by atoms with Crippen LogP contribution in [0.1, 0.15) is 36.1 Å². The number of para-hydroxylation sites is 1. The molecule has 0 aliphatic heterocycles. The van der Waals surface area contributed by atoms with Crippen molar-refractivity contribution in [2.45, 2.75) is 40.5 Å². The molecule has 0 fully saturated rings. The molecule has 0 aliphatic rings. The molecule has 7 aromatic rings. The van der Waals surface area contributed by atoms with Crippen LogP contribution in [0.2, 0.25) is 0 Å². The first-order valence-corrected chi connectivity index (χ1v) is 15.1. The fourth-order valence-electron chi connectivity index (χ4n) is 6.53. The molecule has 3 aromatic heterocycles. The van der Waals surface area contributed by atoms with Gasteiger partial charge in [0.25, 0.3) is 0 Å². The summed E-state index contributed by atoms with van der Waals surface area (Å²) < 4.78 is 24.5. The Balaban J connectivity index is 1.25. The van der Waals surface area contributed by atoms with Crippen molar-refractivity contribution in [3.8, 4) is 34.1 Å². The van der Waals surface area contributed by atoms with Crippen molar-refractivity contribution in [3.05, 3.63) is 132 Å². The van der Waals surface area contributed by atoms with E-state index in [0.29, 0.717) is 17.3 Å². The highest BCUT2D eigenvalue weighted by atomic mass is 19.1. The first-order valence-electron chi connectivity index (χ1n) is 15.1. The lowest BCUT2D eigenvalue weighted by Gasteiger charge is -2.17. The molecular weight excluding hydrogens is 547 g/mol. The van der Waals surface area contributed by atoms with E-state index in [2.05, 4.69) is 51.0 Å². The Labute approximate surface area is 256 Å². The Morgan fingerprint density at radius 1 is 0.750 bits per heavy atom. The number of hydrogen-bond donors (Lipinski definition) is 0. The van der Waals surface area contributed by atoms with E-state index < -0.39 is 0 Å². The molecular formula is C38H33FN4O. The molecule has 218 valence electrons. The van der Waals surface area contributed by atoms with Crippen LogP contribution in [-0.4, -0.2) is 19.3 Å². The second-order valence-corrected chi connectivity index (χ2v) is 11.2. The van der Waals surface area contributed by atoms with Crippen LogP contribution in [-0.2, 0) is 12.8 Å². The van der Waals surface area contributed by atoms with Gasteiger partial charge in [-0.05, 0) is 90.9 Å². The van der Waals surface area contributed by atoms with E-state index in [1.807, 2.05) is 76.1 Å². The first kappa shape index (κ1) is 27.6. The van der Waals surface area contributed by atoms with E-state index in [0.717, 1.165) is 45.9 Å². The molecule has 3 heterocycles. The lowest BCUT2D eigenvalue weighted by Crippen LogP contribution is -2.00. The smallest absolute Gasteiger partial charge is 0.140 e. The van der Waals surface area contributed by atoms with Crippen molar-refractivity contribution >= 4 is 21.8 Å². The average molecular weight is 581 g/mol. The van der Waals surface area contributed by atoms with Crippen LogP contribution in [0.15, 0.2) is 104 Å². The molecule has 0 bridgehead atoms. The quantitative estimate of drug-likeness (QED) is 0.189. The van der Waals surface area contributed by atoms with Crippen LogP contribution in [0.5, 0.6) is 11.5 Å². The SMILES string of the molecule is CCc1c(C)cc(C)c(CC)c1-c1cnn(-c2cccc(Oc3ccc4c5ccccc5n(-c5cc(F)ccn5)c4c3)c2)c1. The number of pyridine rings is 1. The molecule has 0 radical (unpaired) electrons. The van der Waals surface area contributed by atoms with Crippen molar-refractivity contribution in [1.82, 2.24) is 19.3 Å². The summed E-state index contributed by atoms with van der Waals surface area (Å²) in [4.78, 5) is 4.47. The number of aromatic nitrogens is 4. The monoisotopic (exact) mass is 580 g/mol. The van der Waals surface area contributed by atoms with Crippen molar-refractivity contribution in [2.75, 3.05) is 0 Å². The number of rotatable bonds is 7. The van der Waals surface area contributed by atoms with Gasteiger partial charge in [-0.1, -0.05) is 44.2 Å². The minimum absolute atomic E-state index is 0.332. The molecule has 6 heteroatoms. The Hall–Kier alpha value is -5.23. The Kier molecular flexibility index (Phi) is 6.97. The largest absolute Gasteiger partial charge is 0.457 e. The van der Waals surface area contributed by atoms with Gasteiger partial charge in [0.2, 0.25) is 0 Å². The van der Waals surface area contributed by atoms with Gasteiger partial charge in [0.1, 0.15) is 23.1 Å². The zero-order valence-corrected chi connectivity index (χ0v) is 25.3. The van der Waals surface area contributed by atoms with Gasteiger partial charge in [-0.2, -0.15) is 5.10 Å². The number of nitrogens with zero attached hydrogens (tertiary/aromatic N) is 4. The lowest BCUT2D eigenvalue weighted by atomic mass is 9.87.